The average Bonchev–Trinajstić information content (AvgIpc) is 2.75. The molecule has 3 aromatic rings. The van der Waals surface area contributed by atoms with Crippen LogP contribution >= 0.6 is 0 Å². The number of methoxy groups -OCH3 is 2. The Kier molecular flexibility index (Phi) is 5.66. The molecule has 1 unspecified atom stereocenters. The Morgan fingerprint density at radius 3 is 1.79 bits per heavy atom. The third-order valence-electron chi connectivity index (χ3n) is 4.93. The highest BCUT2D eigenvalue weighted by molar-refractivity contribution is 5.79. The molecule has 144 valence electrons. The fourth-order valence-corrected chi connectivity index (χ4v) is 3.73. The van der Waals surface area contributed by atoms with Crippen LogP contribution in [-0.2, 0) is 10.2 Å². The number of aliphatic hydroxyl groups excluding tert-OH is 1. The first-order valence-corrected chi connectivity index (χ1v) is 8.80. The molecule has 0 aromatic heterocycles. The molecule has 0 radical (unpaired) electrons. The van der Waals surface area contributed by atoms with Crippen molar-refractivity contribution in [3.05, 3.63) is 95.6 Å². The maximum Gasteiger partial charge on any atom is 0.334 e. The number of benzene rings is 3. The lowest BCUT2D eigenvalue weighted by Crippen LogP contribution is -2.46. The quantitative estimate of drug-likeness (QED) is 0.616. The highest BCUT2D eigenvalue weighted by atomic mass is 16.5. The number of carboxylic acids is 1. The third kappa shape index (κ3) is 3.10. The van der Waals surface area contributed by atoms with E-state index in [1.165, 1.54) is 14.2 Å². The van der Waals surface area contributed by atoms with Gasteiger partial charge in [-0.2, -0.15) is 0 Å². The summed E-state index contributed by atoms with van der Waals surface area (Å²) in [7, 11) is 3.01. The second-order valence-electron chi connectivity index (χ2n) is 6.32. The first-order chi connectivity index (χ1) is 13.6. The molecule has 0 spiro atoms. The van der Waals surface area contributed by atoms with E-state index in [1.54, 1.807) is 42.5 Å². The molecule has 2 N–H and O–H groups in total. The number of carboxylic acid groups (broad SMARTS) is 1. The minimum absolute atomic E-state index is 0.373. The van der Waals surface area contributed by atoms with Gasteiger partial charge in [0, 0.05) is 5.56 Å². The van der Waals surface area contributed by atoms with Gasteiger partial charge in [-0.25, -0.2) is 4.79 Å². The van der Waals surface area contributed by atoms with Crippen molar-refractivity contribution in [3.8, 4) is 11.5 Å². The summed E-state index contributed by atoms with van der Waals surface area (Å²) >= 11 is 0. The minimum atomic E-state index is -1.77. The largest absolute Gasteiger partial charge is 0.493 e. The van der Waals surface area contributed by atoms with Crippen molar-refractivity contribution in [2.75, 3.05) is 14.2 Å². The van der Waals surface area contributed by atoms with Gasteiger partial charge >= 0.3 is 5.97 Å². The second-order valence-corrected chi connectivity index (χ2v) is 6.32. The summed E-state index contributed by atoms with van der Waals surface area (Å²) in [5, 5.41) is 21.0. The molecule has 0 amide bonds. The van der Waals surface area contributed by atoms with Crippen LogP contribution in [0.25, 0.3) is 0 Å². The maximum atomic E-state index is 12.1. The van der Waals surface area contributed by atoms with E-state index in [4.69, 9.17) is 9.47 Å². The van der Waals surface area contributed by atoms with E-state index in [9.17, 15) is 15.0 Å². The number of rotatable bonds is 7. The number of aliphatic hydroxyl groups is 1. The van der Waals surface area contributed by atoms with Crippen LogP contribution in [0.15, 0.2) is 78.9 Å². The van der Waals surface area contributed by atoms with Gasteiger partial charge in [0.15, 0.2) is 17.6 Å². The van der Waals surface area contributed by atoms with Crippen molar-refractivity contribution in [2.45, 2.75) is 11.5 Å². The predicted molar refractivity (Wildman–Crippen MR) is 106 cm³/mol. The van der Waals surface area contributed by atoms with E-state index in [0.29, 0.717) is 28.2 Å². The molecule has 0 saturated heterocycles. The van der Waals surface area contributed by atoms with Gasteiger partial charge in [-0.3, -0.25) is 0 Å². The van der Waals surface area contributed by atoms with Gasteiger partial charge in [-0.05, 0) is 17.2 Å². The van der Waals surface area contributed by atoms with Crippen LogP contribution in [0.4, 0.5) is 0 Å². The Labute approximate surface area is 163 Å². The molecule has 0 bridgehead atoms. The van der Waals surface area contributed by atoms with Crippen molar-refractivity contribution < 1.29 is 24.5 Å². The van der Waals surface area contributed by atoms with Gasteiger partial charge in [0.05, 0.1) is 19.6 Å². The SMILES string of the molecule is COc1cccc(C(c2ccccc2)(c2ccccc2)C(O)C(=O)O)c1OC. The molecule has 0 aliphatic carbocycles. The number of carbonyl (C=O) groups is 1. The first kappa shape index (κ1) is 19.5. The number of para-hydroxylation sites is 1. The first-order valence-electron chi connectivity index (χ1n) is 8.80. The summed E-state index contributed by atoms with van der Waals surface area (Å²) in [6, 6.07) is 23.4. The van der Waals surface area contributed by atoms with Crippen LogP contribution in [0.3, 0.4) is 0 Å². The minimum Gasteiger partial charge on any atom is -0.493 e. The van der Waals surface area contributed by atoms with Crippen molar-refractivity contribution in [1.82, 2.24) is 0 Å². The summed E-state index contributed by atoms with van der Waals surface area (Å²) in [4.78, 5) is 12.1. The smallest absolute Gasteiger partial charge is 0.334 e. The van der Waals surface area contributed by atoms with Crippen LogP contribution in [0.2, 0.25) is 0 Å². The van der Waals surface area contributed by atoms with E-state index in [-0.39, 0.29) is 0 Å². The zero-order chi connectivity index (χ0) is 20.1. The summed E-state index contributed by atoms with van der Waals surface area (Å²) in [6.45, 7) is 0. The van der Waals surface area contributed by atoms with Gasteiger partial charge in [0.2, 0.25) is 0 Å². The molecule has 0 aliphatic rings. The Morgan fingerprint density at radius 2 is 1.36 bits per heavy atom. The monoisotopic (exact) mass is 378 g/mol. The van der Waals surface area contributed by atoms with E-state index < -0.39 is 17.5 Å². The fraction of sp³-hybridized carbons (Fsp3) is 0.174. The molecule has 0 aliphatic heterocycles. The van der Waals surface area contributed by atoms with E-state index in [1.807, 2.05) is 36.4 Å². The van der Waals surface area contributed by atoms with Crippen LogP contribution in [0.1, 0.15) is 16.7 Å². The molecule has 0 saturated carbocycles. The number of ether oxygens (including phenoxy) is 2. The molecule has 28 heavy (non-hydrogen) atoms. The number of hydrogen-bond donors (Lipinski definition) is 2. The summed E-state index contributed by atoms with van der Waals surface area (Å²) in [5.74, 6) is -0.510. The number of hydrogen-bond acceptors (Lipinski definition) is 4. The Hall–Kier alpha value is -3.31. The molecule has 0 fully saturated rings. The van der Waals surface area contributed by atoms with Crippen molar-refractivity contribution >= 4 is 5.97 Å². The van der Waals surface area contributed by atoms with Crippen molar-refractivity contribution in [3.63, 3.8) is 0 Å². The van der Waals surface area contributed by atoms with E-state index >= 15 is 0 Å². The molecule has 3 aromatic carbocycles. The fourth-order valence-electron chi connectivity index (χ4n) is 3.73. The van der Waals surface area contributed by atoms with Gasteiger partial charge in [-0.15, -0.1) is 0 Å². The molecule has 5 nitrogen and oxygen atoms in total. The van der Waals surface area contributed by atoms with Crippen LogP contribution < -0.4 is 9.47 Å². The molecule has 1 atom stereocenters. The molecular formula is C23H22O5. The lowest BCUT2D eigenvalue weighted by molar-refractivity contribution is -0.149. The lowest BCUT2D eigenvalue weighted by Gasteiger charge is -2.39. The van der Waals surface area contributed by atoms with Crippen molar-refractivity contribution in [2.24, 2.45) is 0 Å². The van der Waals surface area contributed by atoms with Crippen molar-refractivity contribution in [1.29, 1.82) is 0 Å². The zero-order valence-corrected chi connectivity index (χ0v) is 15.7. The topological polar surface area (TPSA) is 76.0 Å². The normalized spacial score (nSPS) is 12.2. The Balaban J connectivity index is 2.49. The Bertz CT molecular complexity index is 898. The average molecular weight is 378 g/mol. The highest BCUT2D eigenvalue weighted by Gasteiger charge is 2.49. The molecule has 5 heteroatoms. The zero-order valence-electron chi connectivity index (χ0n) is 15.7. The standard InChI is InChI=1S/C23H22O5/c1-27-19-15-9-14-18(20(19)28-2)23(21(24)22(25)26,16-10-5-3-6-11-16)17-12-7-4-8-13-17/h3-15,21,24H,1-2H3,(H,25,26). The summed E-state index contributed by atoms with van der Waals surface area (Å²) in [6.07, 6.45) is -1.77. The number of aliphatic carboxylic acids is 1. The summed E-state index contributed by atoms with van der Waals surface area (Å²) < 4.78 is 11.0. The van der Waals surface area contributed by atoms with Crippen LogP contribution in [-0.4, -0.2) is 36.5 Å². The predicted octanol–water partition coefficient (Wildman–Crippen LogP) is 3.48. The van der Waals surface area contributed by atoms with E-state index in [2.05, 4.69) is 0 Å². The molecule has 0 heterocycles. The maximum absolute atomic E-state index is 12.1. The van der Waals surface area contributed by atoms with Crippen LogP contribution in [0, 0.1) is 0 Å². The highest BCUT2D eigenvalue weighted by Crippen LogP contribution is 2.48. The Morgan fingerprint density at radius 1 is 0.821 bits per heavy atom. The van der Waals surface area contributed by atoms with Gasteiger partial charge in [-0.1, -0.05) is 72.8 Å². The second kappa shape index (κ2) is 8.15. The van der Waals surface area contributed by atoms with Gasteiger partial charge < -0.3 is 19.7 Å². The third-order valence-corrected chi connectivity index (χ3v) is 4.93. The molecule has 3 rings (SSSR count). The van der Waals surface area contributed by atoms with Crippen LogP contribution in [0.5, 0.6) is 11.5 Å². The van der Waals surface area contributed by atoms with Gasteiger partial charge in [0.25, 0.3) is 0 Å². The molecular weight excluding hydrogens is 356 g/mol. The van der Waals surface area contributed by atoms with Gasteiger partial charge in [0.1, 0.15) is 0 Å². The van der Waals surface area contributed by atoms with E-state index in [0.717, 1.165) is 0 Å². The summed E-state index contributed by atoms with van der Waals surface area (Å²) in [5.41, 5.74) is 0.348. The lowest BCUT2D eigenvalue weighted by atomic mass is 9.65.